The highest BCUT2D eigenvalue weighted by Crippen LogP contribution is 2.30. The largest absolute Gasteiger partial charge is 0.251 e. The van der Waals surface area contributed by atoms with E-state index in [1.54, 1.807) is 0 Å². The molecule has 3 aromatic carbocycles. The molecule has 1 heterocycles. The van der Waals surface area contributed by atoms with Crippen molar-refractivity contribution in [1.29, 1.82) is 0 Å². The van der Waals surface area contributed by atoms with E-state index in [-0.39, 0.29) is 0 Å². The van der Waals surface area contributed by atoms with E-state index in [0.717, 1.165) is 38.9 Å². The van der Waals surface area contributed by atoms with Crippen LogP contribution in [0.4, 0.5) is 0 Å². The summed E-state index contributed by atoms with van der Waals surface area (Å²) in [4.78, 5) is 4.94. The summed E-state index contributed by atoms with van der Waals surface area (Å²) in [6, 6.07) is 25.2. The van der Waals surface area contributed by atoms with Gasteiger partial charge < -0.3 is 0 Å². The number of aryl methyl sites for hydroxylation is 3. The number of nitrogens with zero attached hydrogens (tertiary/aromatic N) is 1. The Morgan fingerprint density at radius 2 is 1.37 bits per heavy atom. The molecule has 0 aliphatic rings. The number of benzene rings is 3. The first kappa shape index (κ1) is 17.1. The molecular formula is C26H21N. The summed E-state index contributed by atoms with van der Waals surface area (Å²) in [7, 11) is 0. The second-order valence-electron chi connectivity index (χ2n) is 6.96. The molecule has 0 radical (unpaired) electrons. The number of hydrogen-bond donors (Lipinski definition) is 0. The van der Waals surface area contributed by atoms with E-state index in [1.807, 2.05) is 6.07 Å². The summed E-state index contributed by atoms with van der Waals surface area (Å²) < 4.78 is 0. The SMILES string of the molecule is Cc1cccc(C#Cc2c(-c3cccc(C)c3)nc(C)c3ccccc23)c1. The van der Waals surface area contributed by atoms with Gasteiger partial charge in [-0.25, -0.2) is 0 Å². The average Bonchev–Trinajstić information content (AvgIpc) is 2.67. The molecule has 0 aliphatic carbocycles. The maximum atomic E-state index is 4.94. The minimum Gasteiger partial charge on any atom is -0.251 e. The van der Waals surface area contributed by atoms with Crippen molar-refractivity contribution in [2.75, 3.05) is 0 Å². The summed E-state index contributed by atoms with van der Waals surface area (Å²) in [6.45, 7) is 6.26. The first-order valence-electron chi connectivity index (χ1n) is 9.17. The molecule has 130 valence electrons. The lowest BCUT2D eigenvalue weighted by atomic mass is 9.97. The molecule has 0 saturated carbocycles. The fourth-order valence-electron chi connectivity index (χ4n) is 3.41. The Morgan fingerprint density at radius 3 is 2.11 bits per heavy atom. The van der Waals surface area contributed by atoms with E-state index in [9.17, 15) is 0 Å². The summed E-state index contributed by atoms with van der Waals surface area (Å²) >= 11 is 0. The molecule has 0 amide bonds. The Balaban J connectivity index is 2.00. The lowest BCUT2D eigenvalue weighted by Crippen LogP contribution is -1.96. The molecule has 4 rings (SSSR count). The maximum absolute atomic E-state index is 4.94. The zero-order valence-electron chi connectivity index (χ0n) is 15.9. The van der Waals surface area contributed by atoms with Crippen LogP contribution in [0.2, 0.25) is 0 Å². The van der Waals surface area contributed by atoms with Gasteiger partial charge in [-0.2, -0.15) is 0 Å². The molecule has 0 spiro atoms. The van der Waals surface area contributed by atoms with E-state index in [1.165, 1.54) is 11.1 Å². The molecule has 0 unspecified atom stereocenters. The molecule has 0 fully saturated rings. The van der Waals surface area contributed by atoms with Crippen LogP contribution >= 0.6 is 0 Å². The van der Waals surface area contributed by atoms with Gasteiger partial charge in [-0.1, -0.05) is 72.0 Å². The molecule has 27 heavy (non-hydrogen) atoms. The van der Waals surface area contributed by atoms with Gasteiger partial charge in [-0.15, -0.1) is 0 Å². The molecule has 0 saturated heterocycles. The van der Waals surface area contributed by atoms with E-state index in [2.05, 4.69) is 99.3 Å². The normalized spacial score (nSPS) is 10.5. The standard InChI is InChI=1S/C26H21N/c1-18-8-6-10-21(16-18)14-15-25-24-13-5-4-12-23(24)20(3)27-26(25)22-11-7-9-19(2)17-22/h4-13,16-17H,1-3H3. The van der Waals surface area contributed by atoms with Crippen molar-refractivity contribution in [3.8, 4) is 23.1 Å². The number of pyridine rings is 1. The first-order chi connectivity index (χ1) is 13.1. The minimum atomic E-state index is 0.954. The topological polar surface area (TPSA) is 12.9 Å². The Bertz CT molecular complexity index is 1210. The van der Waals surface area contributed by atoms with Crippen LogP contribution < -0.4 is 0 Å². The van der Waals surface area contributed by atoms with Gasteiger partial charge in [0.2, 0.25) is 0 Å². The molecule has 1 heteroatoms. The molecular weight excluding hydrogens is 326 g/mol. The number of hydrogen-bond acceptors (Lipinski definition) is 1. The zero-order valence-corrected chi connectivity index (χ0v) is 15.9. The van der Waals surface area contributed by atoms with Crippen molar-refractivity contribution in [3.63, 3.8) is 0 Å². The van der Waals surface area contributed by atoms with Gasteiger partial charge in [0, 0.05) is 27.6 Å². The van der Waals surface area contributed by atoms with Crippen LogP contribution in [0, 0.1) is 32.6 Å². The Kier molecular flexibility index (Phi) is 4.48. The summed E-state index contributed by atoms with van der Waals surface area (Å²) in [6.07, 6.45) is 0. The maximum Gasteiger partial charge on any atom is 0.0868 e. The third-order valence-electron chi connectivity index (χ3n) is 4.74. The molecule has 0 bridgehead atoms. The highest BCUT2D eigenvalue weighted by molar-refractivity contribution is 5.94. The third kappa shape index (κ3) is 3.48. The van der Waals surface area contributed by atoms with Crippen LogP contribution in [0.3, 0.4) is 0 Å². The van der Waals surface area contributed by atoms with Gasteiger partial charge in [0.1, 0.15) is 0 Å². The summed E-state index contributed by atoms with van der Waals surface area (Å²) in [5.74, 6) is 6.78. The minimum absolute atomic E-state index is 0.954. The molecule has 1 aromatic heterocycles. The quantitative estimate of drug-likeness (QED) is 0.372. The van der Waals surface area contributed by atoms with Crippen molar-refractivity contribution in [3.05, 3.63) is 101 Å². The van der Waals surface area contributed by atoms with Gasteiger partial charge >= 0.3 is 0 Å². The second-order valence-corrected chi connectivity index (χ2v) is 6.96. The molecule has 4 aromatic rings. The predicted molar refractivity (Wildman–Crippen MR) is 114 cm³/mol. The highest BCUT2D eigenvalue weighted by atomic mass is 14.7. The van der Waals surface area contributed by atoms with Crippen molar-refractivity contribution in [2.24, 2.45) is 0 Å². The summed E-state index contributed by atoms with van der Waals surface area (Å²) in [5.41, 5.74) is 7.54. The van der Waals surface area contributed by atoms with Crippen molar-refractivity contribution >= 4 is 10.8 Å². The van der Waals surface area contributed by atoms with Crippen LogP contribution in [0.5, 0.6) is 0 Å². The van der Waals surface area contributed by atoms with E-state index >= 15 is 0 Å². The lowest BCUT2D eigenvalue weighted by molar-refractivity contribution is 1.23. The third-order valence-corrected chi connectivity index (χ3v) is 4.74. The lowest BCUT2D eigenvalue weighted by Gasteiger charge is -2.11. The number of rotatable bonds is 1. The monoisotopic (exact) mass is 347 g/mol. The van der Waals surface area contributed by atoms with E-state index < -0.39 is 0 Å². The summed E-state index contributed by atoms with van der Waals surface area (Å²) in [5, 5.41) is 2.31. The second kappa shape index (κ2) is 7.09. The number of fused-ring (bicyclic) bond motifs is 1. The molecule has 0 aliphatic heterocycles. The Morgan fingerprint density at radius 1 is 0.667 bits per heavy atom. The van der Waals surface area contributed by atoms with Crippen molar-refractivity contribution in [1.82, 2.24) is 4.98 Å². The van der Waals surface area contributed by atoms with Crippen molar-refractivity contribution in [2.45, 2.75) is 20.8 Å². The van der Waals surface area contributed by atoms with Gasteiger partial charge in [-0.05, 0) is 44.5 Å². The van der Waals surface area contributed by atoms with E-state index in [0.29, 0.717) is 0 Å². The van der Waals surface area contributed by atoms with Gasteiger partial charge in [-0.3, -0.25) is 4.98 Å². The smallest absolute Gasteiger partial charge is 0.0868 e. The van der Waals surface area contributed by atoms with Crippen molar-refractivity contribution < 1.29 is 0 Å². The van der Waals surface area contributed by atoms with Gasteiger partial charge in [0.15, 0.2) is 0 Å². The zero-order chi connectivity index (χ0) is 18.8. The Labute approximate surface area is 160 Å². The van der Waals surface area contributed by atoms with Crippen LogP contribution in [0.25, 0.3) is 22.0 Å². The fraction of sp³-hybridized carbons (Fsp3) is 0.115. The van der Waals surface area contributed by atoms with Gasteiger partial charge in [0.05, 0.1) is 11.3 Å². The molecule has 1 nitrogen and oxygen atoms in total. The molecule has 0 atom stereocenters. The average molecular weight is 347 g/mol. The number of aromatic nitrogens is 1. The highest BCUT2D eigenvalue weighted by Gasteiger charge is 2.12. The van der Waals surface area contributed by atoms with Crippen LogP contribution in [0.1, 0.15) is 27.9 Å². The van der Waals surface area contributed by atoms with Crippen LogP contribution in [-0.4, -0.2) is 4.98 Å². The first-order valence-corrected chi connectivity index (χ1v) is 9.17. The fourth-order valence-corrected chi connectivity index (χ4v) is 3.41. The van der Waals surface area contributed by atoms with Gasteiger partial charge in [0.25, 0.3) is 0 Å². The molecule has 0 N–H and O–H groups in total. The van der Waals surface area contributed by atoms with Crippen LogP contribution in [0.15, 0.2) is 72.8 Å². The van der Waals surface area contributed by atoms with E-state index in [4.69, 9.17) is 4.98 Å². The van der Waals surface area contributed by atoms with Crippen LogP contribution in [-0.2, 0) is 0 Å². The predicted octanol–water partition coefficient (Wildman–Crippen LogP) is 6.23. The Hall–Kier alpha value is -3.37.